The first-order valence-corrected chi connectivity index (χ1v) is 29.1. The van der Waals surface area contributed by atoms with Gasteiger partial charge in [0, 0.05) is 77.7 Å². The highest BCUT2D eigenvalue weighted by Crippen LogP contribution is 2.62. The van der Waals surface area contributed by atoms with Crippen molar-refractivity contribution in [3.8, 4) is 62.8 Å². The van der Waals surface area contributed by atoms with E-state index in [1.807, 2.05) is 24.5 Å². The van der Waals surface area contributed by atoms with Crippen LogP contribution in [-0.4, -0.2) is 28.2 Å². The van der Waals surface area contributed by atoms with E-state index in [9.17, 15) is 5.26 Å². The van der Waals surface area contributed by atoms with E-state index in [-0.39, 0.29) is 0 Å². The van der Waals surface area contributed by atoms with Crippen LogP contribution in [0, 0.1) is 11.3 Å². The maximum atomic E-state index is 10.1. The second-order valence-corrected chi connectivity index (χ2v) is 22.7. The Bertz CT molecular complexity index is 5760. The maximum absolute atomic E-state index is 10.1. The molecule has 0 bridgehead atoms. The number of rotatable bonds is 5. The lowest BCUT2D eigenvalue weighted by atomic mass is 9.66. The van der Waals surface area contributed by atoms with Crippen molar-refractivity contribution in [1.29, 1.82) is 5.26 Å². The first-order valence-electron chi connectivity index (χ1n) is 29.1. The zero-order valence-corrected chi connectivity index (χ0v) is 46.0. The normalized spacial score (nSPS) is 14.2. The van der Waals surface area contributed by atoms with E-state index in [0.717, 1.165) is 128 Å². The quantitative estimate of drug-likeness (QED) is 0.172. The zero-order valence-electron chi connectivity index (χ0n) is 46.0. The van der Waals surface area contributed by atoms with Gasteiger partial charge in [0.2, 0.25) is 0 Å². The van der Waals surface area contributed by atoms with Gasteiger partial charge in [0.25, 0.3) is 0 Å². The van der Waals surface area contributed by atoms with E-state index >= 15 is 0 Å². The molecule has 8 heteroatoms. The molecule has 17 aromatic rings. The second kappa shape index (κ2) is 17.4. The molecule has 1 aliphatic carbocycles. The van der Waals surface area contributed by atoms with Gasteiger partial charge >= 0.3 is 0 Å². The molecule has 1 unspecified atom stereocenters. The Balaban J connectivity index is 0.844. The van der Waals surface area contributed by atoms with Gasteiger partial charge in [0.1, 0.15) is 11.5 Å². The van der Waals surface area contributed by atoms with Gasteiger partial charge in [-0.1, -0.05) is 146 Å². The summed E-state index contributed by atoms with van der Waals surface area (Å²) in [4.78, 5) is 10.7. The van der Waals surface area contributed by atoms with Crippen LogP contribution in [0.25, 0.3) is 132 Å². The minimum absolute atomic E-state index is 0.616. The third kappa shape index (κ3) is 6.19. The average Bonchev–Trinajstić information content (AvgIpc) is 1.51. The standard InChI is InChI=1S/C78H45N7O/c79-45-47-31-36-70-58(40-47)56-20-5-9-25-66(56)83(70)51-43-63-77(81-46-51)76-61(22-15-39-80-76)78(63)60-35-34-50(82-64-23-7-1-16-52(64)53-17-2-8-24-65(53)82)44-75(60)86-74-38-33-49(42-62(74)78)48-32-37-71-59(41-48)57-21-6-12-28-69(57)85(71)73-30-14-13-29-72(73)84-67-26-10-3-18-54(67)55-19-4-11-27-68(55)84/h1-44,46H. The Morgan fingerprint density at radius 1 is 0.326 bits per heavy atom. The minimum Gasteiger partial charge on any atom is -0.457 e. The summed E-state index contributed by atoms with van der Waals surface area (Å²) in [5.74, 6) is 1.52. The Morgan fingerprint density at radius 2 is 0.802 bits per heavy atom. The number of benzene rings is 11. The topological polar surface area (TPSA) is 78.5 Å². The summed E-state index contributed by atoms with van der Waals surface area (Å²) in [5.41, 5.74) is 20.5. The molecule has 86 heavy (non-hydrogen) atoms. The number of fused-ring (bicyclic) bond motifs is 21. The number of ether oxygens (including phenoxy) is 1. The fourth-order valence-electron chi connectivity index (χ4n) is 15.0. The highest BCUT2D eigenvalue weighted by molar-refractivity contribution is 6.14. The van der Waals surface area contributed by atoms with Crippen LogP contribution in [0.4, 0.5) is 0 Å². The molecule has 1 aliphatic heterocycles. The van der Waals surface area contributed by atoms with Crippen LogP contribution in [0.1, 0.15) is 27.8 Å². The smallest absolute Gasteiger partial charge is 0.134 e. The molecule has 0 radical (unpaired) electrons. The summed E-state index contributed by atoms with van der Waals surface area (Å²) in [6.45, 7) is 0. The van der Waals surface area contributed by atoms with Crippen molar-refractivity contribution in [3.05, 3.63) is 301 Å². The Labute approximate surface area is 492 Å². The predicted molar refractivity (Wildman–Crippen MR) is 347 cm³/mol. The first kappa shape index (κ1) is 46.8. The van der Waals surface area contributed by atoms with Crippen LogP contribution in [-0.2, 0) is 5.41 Å². The van der Waals surface area contributed by atoms with Gasteiger partial charge in [0.05, 0.1) is 95.8 Å². The summed E-state index contributed by atoms with van der Waals surface area (Å²) in [6.07, 6.45) is 3.86. The van der Waals surface area contributed by atoms with Crippen LogP contribution in [0.15, 0.2) is 273 Å². The molecule has 0 fully saturated rings. The molecule has 19 rings (SSSR count). The molecule has 1 spiro atoms. The summed E-state index contributed by atoms with van der Waals surface area (Å²) < 4.78 is 16.9. The second-order valence-electron chi connectivity index (χ2n) is 22.7. The molecule has 7 heterocycles. The summed E-state index contributed by atoms with van der Waals surface area (Å²) >= 11 is 0. The van der Waals surface area contributed by atoms with Gasteiger partial charge < -0.3 is 23.0 Å². The third-order valence-corrected chi connectivity index (χ3v) is 18.5. The molecule has 1 atom stereocenters. The van der Waals surface area contributed by atoms with Crippen LogP contribution in [0.2, 0.25) is 0 Å². The summed E-state index contributed by atoms with van der Waals surface area (Å²) in [6, 6.07) is 96.2. The largest absolute Gasteiger partial charge is 0.457 e. The lowest BCUT2D eigenvalue weighted by Crippen LogP contribution is -2.32. The molecule has 0 saturated heterocycles. The van der Waals surface area contributed by atoms with E-state index < -0.39 is 5.41 Å². The van der Waals surface area contributed by atoms with Crippen molar-refractivity contribution in [2.45, 2.75) is 5.41 Å². The Kier molecular flexibility index (Phi) is 9.45. The van der Waals surface area contributed by atoms with Crippen LogP contribution in [0.3, 0.4) is 0 Å². The summed E-state index contributed by atoms with van der Waals surface area (Å²) in [5, 5.41) is 19.3. The van der Waals surface area contributed by atoms with Gasteiger partial charge in [-0.2, -0.15) is 5.26 Å². The van der Waals surface area contributed by atoms with Crippen molar-refractivity contribution >= 4 is 87.2 Å². The Morgan fingerprint density at radius 3 is 1.41 bits per heavy atom. The molecule has 0 saturated carbocycles. The Hall–Kier alpha value is -11.8. The fraction of sp³-hybridized carbons (Fsp3) is 0.0128. The van der Waals surface area contributed by atoms with Crippen molar-refractivity contribution in [1.82, 2.24) is 28.2 Å². The van der Waals surface area contributed by atoms with Crippen LogP contribution in [0.5, 0.6) is 11.5 Å². The van der Waals surface area contributed by atoms with Gasteiger partial charge in [0.15, 0.2) is 0 Å². The van der Waals surface area contributed by atoms with Crippen LogP contribution >= 0.6 is 0 Å². The zero-order chi connectivity index (χ0) is 56.4. The van der Waals surface area contributed by atoms with Crippen molar-refractivity contribution in [2.75, 3.05) is 0 Å². The van der Waals surface area contributed by atoms with E-state index in [4.69, 9.17) is 14.7 Å². The van der Waals surface area contributed by atoms with Crippen molar-refractivity contribution in [2.24, 2.45) is 0 Å². The van der Waals surface area contributed by atoms with Gasteiger partial charge in [-0.05, 0) is 126 Å². The number of aromatic nitrogens is 6. The number of pyridine rings is 2. The van der Waals surface area contributed by atoms with Crippen LogP contribution < -0.4 is 4.74 Å². The van der Waals surface area contributed by atoms with Gasteiger partial charge in [-0.25, -0.2) is 0 Å². The first-order chi connectivity index (χ1) is 42.6. The number of nitriles is 1. The van der Waals surface area contributed by atoms with Crippen molar-refractivity contribution in [3.63, 3.8) is 0 Å². The van der Waals surface area contributed by atoms with Gasteiger partial charge in [-0.15, -0.1) is 0 Å². The minimum atomic E-state index is -0.941. The van der Waals surface area contributed by atoms with E-state index in [0.29, 0.717) is 5.56 Å². The molecule has 8 nitrogen and oxygen atoms in total. The molecule has 398 valence electrons. The van der Waals surface area contributed by atoms with Gasteiger partial charge in [-0.3, -0.25) is 9.97 Å². The highest BCUT2D eigenvalue weighted by atomic mass is 16.5. The third-order valence-electron chi connectivity index (χ3n) is 18.5. The molecule has 0 amide bonds. The SMILES string of the molecule is N#Cc1ccc2c(c1)c1ccccc1n2-c1cnc2c(c1)C1(c3ccc(-n4c5ccccc5c5ccccc54)cc3Oc3ccc(-c4ccc5c(c4)c4ccccc4n5-c4ccccc4-n4c5ccccc5c5ccccc54)cc31)c1cccnc1-2. The molecule has 0 N–H and O–H groups in total. The lowest BCUT2D eigenvalue weighted by molar-refractivity contribution is 0.436. The number of hydrogen-bond donors (Lipinski definition) is 0. The molecule has 6 aromatic heterocycles. The molecule has 11 aromatic carbocycles. The lowest BCUT2D eigenvalue weighted by Gasteiger charge is -2.39. The number of para-hydroxylation sites is 8. The molecular formula is C78H45N7O. The van der Waals surface area contributed by atoms with E-state index in [1.54, 1.807) is 0 Å². The number of nitrogens with zero attached hydrogens (tertiary/aromatic N) is 7. The van der Waals surface area contributed by atoms with E-state index in [1.165, 1.54) is 38.0 Å². The average molecular weight is 1100 g/mol. The maximum Gasteiger partial charge on any atom is 0.134 e. The predicted octanol–water partition coefficient (Wildman–Crippen LogP) is 18.9. The number of hydrogen-bond acceptors (Lipinski definition) is 4. The van der Waals surface area contributed by atoms with E-state index in [2.05, 4.69) is 273 Å². The summed E-state index contributed by atoms with van der Waals surface area (Å²) in [7, 11) is 0. The monoisotopic (exact) mass is 1100 g/mol. The molecular weight excluding hydrogens is 1050 g/mol. The highest BCUT2D eigenvalue weighted by Gasteiger charge is 2.53. The van der Waals surface area contributed by atoms with Crippen molar-refractivity contribution < 1.29 is 4.74 Å². The fourth-order valence-corrected chi connectivity index (χ4v) is 15.0. The molecule has 2 aliphatic rings.